The first-order valence-electron chi connectivity index (χ1n) is 5.34. The van der Waals surface area contributed by atoms with Gasteiger partial charge in [-0.15, -0.1) is 0 Å². The SMILES string of the molecule is Nc1ccc([N+](=O)[O-])cc1C(=O)c1ccccc1F. The van der Waals surface area contributed by atoms with Gasteiger partial charge in [-0.3, -0.25) is 14.9 Å². The van der Waals surface area contributed by atoms with Crippen LogP contribution in [-0.2, 0) is 0 Å². The third-order valence-electron chi connectivity index (χ3n) is 2.61. The maximum atomic E-state index is 13.5. The molecular formula is C13H9FN2O3. The van der Waals surface area contributed by atoms with Gasteiger partial charge >= 0.3 is 0 Å². The molecule has 0 saturated heterocycles. The molecule has 0 aliphatic heterocycles. The molecule has 0 atom stereocenters. The summed E-state index contributed by atoms with van der Waals surface area (Å²) in [4.78, 5) is 22.1. The molecule has 0 aliphatic rings. The Hall–Kier alpha value is -2.76. The van der Waals surface area contributed by atoms with Crippen LogP contribution in [0.1, 0.15) is 15.9 Å². The number of anilines is 1. The molecular weight excluding hydrogens is 251 g/mol. The number of carbonyl (C=O) groups is 1. The van der Waals surface area contributed by atoms with Gasteiger partial charge in [-0.25, -0.2) is 4.39 Å². The van der Waals surface area contributed by atoms with Crippen LogP contribution in [0, 0.1) is 15.9 Å². The molecule has 0 radical (unpaired) electrons. The molecule has 5 nitrogen and oxygen atoms in total. The van der Waals surface area contributed by atoms with Crippen LogP contribution in [0.5, 0.6) is 0 Å². The van der Waals surface area contributed by atoms with Crippen LogP contribution < -0.4 is 5.73 Å². The minimum absolute atomic E-state index is 0.0684. The van der Waals surface area contributed by atoms with Crippen molar-refractivity contribution in [3.8, 4) is 0 Å². The number of ketones is 1. The summed E-state index contributed by atoms with van der Waals surface area (Å²) in [5, 5.41) is 10.7. The lowest BCUT2D eigenvalue weighted by Gasteiger charge is -2.05. The summed E-state index contributed by atoms with van der Waals surface area (Å²) >= 11 is 0. The molecule has 0 aliphatic carbocycles. The fraction of sp³-hybridized carbons (Fsp3) is 0. The Bertz CT molecular complexity index is 671. The number of nitro benzene ring substituents is 1. The van der Waals surface area contributed by atoms with Crippen molar-refractivity contribution in [3.05, 3.63) is 69.5 Å². The van der Waals surface area contributed by atoms with Gasteiger partial charge in [-0.2, -0.15) is 0 Å². The Labute approximate surface area is 107 Å². The molecule has 0 bridgehead atoms. The maximum absolute atomic E-state index is 13.5. The number of carbonyl (C=O) groups excluding carboxylic acids is 1. The first-order valence-corrected chi connectivity index (χ1v) is 5.34. The molecule has 6 heteroatoms. The molecule has 0 aromatic heterocycles. The van der Waals surface area contributed by atoms with E-state index in [2.05, 4.69) is 0 Å². The Kier molecular flexibility index (Phi) is 3.24. The van der Waals surface area contributed by atoms with Crippen LogP contribution in [-0.4, -0.2) is 10.7 Å². The highest BCUT2D eigenvalue weighted by atomic mass is 19.1. The lowest BCUT2D eigenvalue weighted by Crippen LogP contribution is -2.08. The van der Waals surface area contributed by atoms with Crippen molar-refractivity contribution < 1.29 is 14.1 Å². The molecule has 2 aromatic carbocycles. The average Bonchev–Trinajstić information content (AvgIpc) is 2.38. The van der Waals surface area contributed by atoms with Gasteiger partial charge in [0, 0.05) is 17.8 Å². The zero-order valence-electron chi connectivity index (χ0n) is 9.67. The van der Waals surface area contributed by atoms with Gasteiger partial charge in [0.05, 0.1) is 16.1 Å². The molecule has 0 spiro atoms. The van der Waals surface area contributed by atoms with E-state index >= 15 is 0 Å². The second-order valence-corrected chi connectivity index (χ2v) is 3.84. The number of hydrogen-bond acceptors (Lipinski definition) is 4. The topological polar surface area (TPSA) is 86.2 Å². The van der Waals surface area contributed by atoms with Crippen LogP contribution in [0.15, 0.2) is 42.5 Å². The number of hydrogen-bond donors (Lipinski definition) is 1. The first kappa shape index (κ1) is 12.7. The minimum atomic E-state index is -0.696. The van der Waals surface area contributed by atoms with Gasteiger partial charge in [0.1, 0.15) is 5.82 Å². The van der Waals surface area contributed by atoms with Crippen LogP contribution in [0.25, 0.3) is 0 Å². The molecule has 2 rings (SSSR count). The largest absolute Gasteiger partial charge is 0.398 e. The van der Waals surface area contributed by atoms with E-state index in [1.165, 1.54) is 30.3 Å². The normalized spacial score (nSPS) is 10.2. The molecule has 19 heavy (non-hydrogen) atoms. The van der Waals surface area contributed by atoms with E-state index in [1.807, 2.05) is 0 Å². The van der Waals surface area contributed by atoms with E-state index < -0.39 is 16.5 Å². The molecule has 2 aromatic rings. The molecule has 0 fully saturated rings. The monoisotopic (exact) mass is 260 g/mol. The van der Waals surface area contributed by atoms with Gasteiger partial charge in [0.15, 0.2) is 5.78 Å². The van der Waals surface area contributed by atoms with Gasteiger partial charge in [-0.1, -0.05) is 12.1 Å². The predicted molar refractivity (Wildman–Crippen MR) is 67.3 cm³/mol. The average molecular weight is 260 g/mol. The van der Waals surface area contributed by atoms with E-state index in [4.69, 9.17) is 5.73 Å². The van der Waals surface area contributed by atoms with Crippen molar-refractivity contribution in [2.45, 2.75) is 0 Å². The molecule has 2 N–H and O–H groups in total. The molecule has 0 amide bonds. The fourth-order valence-corrected chi connectivity index (χ4v) is 1.64. The molecule has 96 valence electrons. The van der Waals surface area contributed by atoms with Crippen molar-refractivity contribution in [2.75, 3.05) is 5.73 Å². The van der Waals surface area contributed by atoms with Crippen LogP contribution in [0.4, 0.5) is 15.8 Å². The smallest absolute Gasteiger partial charge is 0.270 e. The van der Waals surface area contributed by atoms with E-state index in [9.17, 15) is 19.3 Å². The zero-order valence-corrected chi connectivity index (χ0v) is 9.67. The minimum Gasteiger partial charge on any atom is -0.398 e. The van der Waals surface area contributed by atoms with Gasteiger partial charge in [-0.05, 0) is 18.2 Å². The molecule has 0 unspecified atom stereocenters. The predicted octanol–water partition coefficient (Wildman–Crippen LogP) is 2.55. The lowest BCUT2D eigenvalue weighted by atomic mass is 10.0. The summed E-state index contributed by atoms with van der Waals surface area (Å²) < 4.78 is 13.5. The fourth-order valence-electron chi connectivity index (χ4n) is 1.64. The quantitative estimate of drug-likeness (QED) is 0.397. The highest BCUT2D eigenvalue weighted by Crippen LogP contribution is 2.23. The van der Waals surface area contributed by atoms with Crippen LogP contribution in [0.2, 0.25) is 0 Å². The van der Waals surface area contributed by atoms with E-state index in [-0.39, 0.29) is 22.5 Å². The number of benzene rings is 2. The third-order valence-corrected chi connectivity index (χ3v) is 2.61. The maximum Gasteiger partial charge on any atom is 0.270 e. The van der Waals surface area contributed by atoms with Gasteiger partial charge < -0.3 is 5.73 Å². The highest BCUT2D eigenvalue weighted by Gasteiger charge is 2.19. The molecule has 0 heterocycles. The van der Waals surface area contributed by atoms with E-state index in [1.54, 1.807) is 0 Å². The van der Waals surface area contributed by atoms with E-state index in [0.29, 0.717) is 0 Å². The summed E-state index contributed by atoms with van der Waals surface area (Å²) in [6.07, 6.45) is 0. The highest BCUT2D eigenvalue weighted by molar-refractivity contribution is 6.12. The molecule has 0 saturated carbocycles. The Morgan fingerprint density at radius 1 is 1.16 bits per heavy atom. The number of non-ortho nitro benzene ring substituents is 1. The van der Waals surface area contributed by atoms with Gasteiger partial charge in [0.25, 0.3) is 5.69 Å². The number of nitro groups is 1. The summed E-state index contributed by atoms with van der Waals surface area (Å²) in [5.74, 6) is -1.38. The number of halogens is 1. The van der Waals surface area contributed by atoms with Crippen LogP contribution >= 0.6 is 0 Å². The summed E-state index contributed by atoms with van der Waals surface area (Å²) in [5.41, 5.74) is 5.16. The van der Waals surface area contributed by atoms with E-state index in [0.717, 1.165) is 12.1 Å². The Morgan fingerprint density at radius 3 is 2.47 bits per heavy atom. The van der Waals surface area contributed by atoms with Crippen molar-refractivity contribution >= 4 is 17.2 Å². The standard InChI is InChI=1S/C13H9FN2O3/c14-11-4-2-1-3-9(11)13(17)10-7-8(16(18)19)5-6-12(10)15/h1-7H,15H2. The van der Waals surface area contributed by atoms with Crippen molar-refractivity contribution in [2.24, 2.45) is 0 Å². The second-order valence-electron chi connectivity index (χ2n) is 3.84. The van der Waals surface area contributed by atoms with Crippen molar-refractivity contribution in [1.29, 1.82) is 0 Å². The zero-order chi connectivity index (χ0) is 14.0. The lowest BCUT2D eigenvalue weighted by molar-refractivity contribution is -0.384. The second kappa shape index (κ2) is 4.85. The number of rotatable bonds is 3. The van der Waals surface area contributed by atoms with Crippen molar-refractivity contribution in [1.82, 2.24) is 0 Å². The summed E-state index contributed by atoms with van der Waals surface area (Å²) in [7, 11) is 0. The summed E-state index contributed by atoms with van der Waals surface area (Å²) in [6, 6.07) is 8.88. The Morgan fingerprint density at radius 2 is 1.84 bits per heavy atom. The third kappa shape index (κ3) is 2.42. The Balaban J connectivity index is 2.53. The summed E-state index contributed by atoms with van der Waals surface area (Å²) in [6.45, 7) is 0. The first-order chi connectivity index (χ1) is 9.00. The number of nitrogens with two attached hydrogens (primary N) is 1. The number of nitrogens with zero attached hydrogens (tertiary/aromatic N) is 1. The van der Waals surface area contributed by atoms with Crippen molar-refractivity contribution in [3.63, 3.8) is 0 Å². The van der Waals surface area contributed by atoms with Crippen LogP contribution in [0.3, 0.4) is 0 Å². The van der Waals surface area contributed by atoms with Gasteiger partial charge in [0.2, 0.25) is 0 Å². The number of nitrogen functional groups attached to an aromatic ring is 1.